The van der Waals surface area contributed by atoms with Crippen LogP contribution >= 0.6 is 0 Å². The van der Waals surface area contributed by atoms with E-state index in [1.165, 1.54) is 0 Å². The lowest BCUT2D eigenvalue weighted by Crippen LogP contribution is -2.27. The number of pyridine rings is 1. The molecule has 1 atom stereocenters. The van der Waals surface area contributed by atoms with Crippen molar-refractivity contribution in [3.8, 4) is 5.75 Å². The number of aromatic amines is 1. The summed E-state index contributed by atoms with van der Waals surface area (Å²) < 4.78 is 11.1. The molecule has 0 saturated carbocycles. The molecule has 9 heteroatoms. The summed E-state index contributed by atoms with van der Waals surface area (Å²) in [4.78, 5) is 20.7. The number of carbonyl (C=O) groups is 1. The molecule has 0 aliphatic heterocycles. The first-order valence-electron chi connectivity index (χ1n) is 8.71. The van der Waals surface area contributed by atoms with Crippen molar-refractivity contribution in [1.29, 1.82) is 0 Å². The molecule has 2 N–H and O–H groups in total. The summed E-state index contributed by atoms with van der Waals surface area (Å²) >= 11 is 0. The second kappa shape index (κ2) is 7.47. The summed E-state index contributed by atoms with van der Waals surface area (Å²) in [5.41, 5.74) is 0.167. The molecular formula is C19H18N6O3. The number of nitrogens with zero attached hydrogens (tertiary/aromatic N) is 4. The van der Waals surface area contributed by atoms with Crippen LogP contribution in [0.1, 0.15) is 40.9 Å². The van der Waals surface area contributed by atoms with E-state index in [9.17, 15) is 4.79 Å². The number of hydrogen-bond acceptors (Lipinski definition) is 7. The minimum Gasteiger partial charge on any atom is -0.485 e. The van der Waals surface area contributed by atoms with Crippen molar-refractivity contribution in [2.45, 2.75) is 26.5 Å². The van der Waals surface area contributed by atoms with E-state index in [0.717, 1.165) is 10.8 Å². The first-order valence-corrected chi connectivity index (χ1v) is 8.71. The Morgan fingerprint density at radius 2 is 2.25 bits per heavy atom. The highest BCUT2D eigenvalue weighted by atomic mass is 16.5. The van der Waals surface area contributed by atoms with Crippen LogP contribution in [0, 0.1) is 6.92 Å². The van der Waals surface area contributed by atoms with Gasteiger partial charge in [0.05, 0.1) is 6.04 Å². The molecule has 0 fully saturated rings. The number of ether oxygens (including phenoxy) is 1. The third kappa shape index (κ3) is 3.68. The quantitative estimate of drug-likeness (QED) is 0.529. The van der Waals surface area contributed by atoms with Crippen LogP contribution in [0.25, 0.3) is 10.8 Å². The molecule has 0 unspecified atom stereocenters. The summed E-state index contributed by atoms with van der Waals surface area (Å²) in [6.07, 6.45) is 3.49. The van der Waals surface area contributed by atoms with E-state index in [2.05, 4.69) is 30.6 Å². The van der Waals surface area contributed by atoms with Crippen LogP contribution in [0.3, 0.4) is 0 Å². The topological polar surface area (TPSA) is 119 Å². The van der Waals surface area contributed by atoms with Crippen molar-refractivity contribution < 1.29 is 14.1 Å². The number of benzene rings is 1. The van der Waals surface area contributed by atoms with Gasteiger partial charge in [-0.15, -0.1) is 0 Å². The van der Waals surface area contributed by atoms with Crippen molar-refractivity contribution in [3.05, 3.63) is 65.8 Å². The summed E-state index contributed by atoms with van der Waals surface area (Å²) in [7, 11) is 0. The van der Waals surface area contributed by atoms with Gasteiger partial charge >= 0.3 is 0 Å². The van der Waals surface area contributed by atoms with E-state index >= 15 is 0 Å². The highest BCUT2D eigenvalue weighted by Gasteiger charge is 2.18. The molecule has 0 saturated heterocycles. The highest BCUT2D eigenvalue weighted by molar-refractivity contribution is 5.92. The van der Waals surface area contributed by atoms with Crippen molar-refractivity contribution in [1.82, 2.24) is 30.6 Å². The smallest absolute Gasteiger partial charge is 0.274 e. The van der Waals surface area contributed by atoms with Gasteiger partial charge in [0.15, 0.2) is 17.3 Å². The second-order valence-corrected chi connectivity index (χ2v) is 6.29. The SMILES string of the molecule is Cc1nc([C@H](C)NC(=O)c2cc(COc3cccc4cnccc34)on2)n[nH]1. The van der Waals surface area contributed by atoms with Crippen LogP contribution in [-0.2, 0) is 6.61 Å². The first kappa shape index (κ1) is 17.7. The van der Waals surface area contributed by atoms with Crippen molar-refractivity contribution in [3.63, 3.8) is 0 Å². The predicted octanol–water partition coefficient (Wildman–Crippen LogP) is 2.72. The Morgan fingerprint density at radius 1 is 1.36 bits per heavy atom. The molecule has 4 rings (SSSR count). The lowest BCUT2D eigenvalue weighted by Gasteiger charge is -2.08. The largest absolute Gasteiger partial charge is 0.485 e. The van der Waals surface area contributed by atoms with Crippen LogP contribution in [-0.4, -0.2) is 31.2 Å². The van der Waals surface area contributed by atoms with Gasteiger partial charge < -0.3 is 14.6 Å². The molecule has 0 bridgehead atoms. The maximum Gasteiger partial charge on any atom is 0.274 e. The van der Waals surface area contributed by atoms with Gasteiger partial charge in [0, 0.05) is 29.2 Å². The van der Waals surface area contributed by atoms with Crippen LogP contribution < -0.4 is 10.1 Å². The number of nitrogens with one attached hydrogen (secondary N) is 2. The molecule has 0 aliphatic carbocycles. The molecule has 3 aromatic heterocycles. The Balaban J connectivity index is 1.40. The molecule has 3 heterocycles. The lowest BCUT2D eigenvalue weighted by atomic mass is 10.1. The van der Waals surface area contributed by atoms with Gasteiger partial charge in [-0.3, -0.25) is 14.9 Å². The fourth-order valence-electron chi connectivity index (χ4n) is 2.74. The van der Waals surface area contributed by atoms with Gasteiger partial charge in [0.25, 0.3) is 5.91 Å². The van der Waals surface area contributed by atoms with Crippen molar-refractivity contribution >= 4 is 16.7 Å². The molecule has 4 aromatic rings. The first-order chi connectivity index (χ1) is 13.6. The van der Waals surface area contributed by atoms with Crippen LogP contribution in [0.5, 0.6) is 5.75 Å². The van der Waals surface area contributed by atoms with Gasteiger partial charge in [0.1, 0.15) is 18.2 Å². The fraction of sp³-hybridized carbons (Fsp3) is 0.211. The van der Waals surface area contributed by atoms with Crippen molar-refractivity contribution in [2.24, 2.45) is 0 Å². The predicted molar refractivity (Wildman–Crippen MR) is 99.6 cm³/mol. The van der Waals surface area contributed by atoms with E-state index in [4.69, 9.17) is 9.26 Å². The maximum atomic E-state index is 12.4. The summed E-state index contributed by atoms with van der Waals surface area (Å²) in [6.45, 7) is 3.73. The summed E-state index contributed by atoms with van der Waals surface area (Å²) in [6, 6.07) is 8.80. The number of carbonyl (C=O) groups excluding carboxylic acids is 1. The number of aromatic nitrogens is 5. The minimum atomic E-state index is -0.374. The van der Waals surface area contributed by atoms with Crippen molar-refractivity contribution in [2.75, 3.05) is 0 Å². The average molecular weight is 378 g/mol. The number of aryl methyl sites for hydroxylation is 1. The molecule has 1 amide bonds. The Labute approximate surface area is 160 Å². The summed E-state index contributed by atoms with van der Waals surface area (Å²) in [5.74, 6) is 1.96. The molecule has 28 heavy (non-hydrogen) atoms. The van der Waals surface area contributed by atoms with E-state index < -0.39 is 0 Å². The standard InChI is InChI=1S/C19H18N6O3/c1-11(18-22-12(2)23-24-18)21-19(26)16-8-14(28-25-16)10-27-17-5-3-4-13-9-20-7-6-15(13)17/h3-9,11H,10H2,1-2H3,(H,21,26)(H,22,23,24)/t11-/m0/s1. The van der Waals surface area contributed by atoms with Gasteiger partial charge in [-0.2, -0.15) is 5.10 Å². The maximum absolute atomic E-state index is 12.4. The molecule has 0 radical (unpaired) electrons. The fourth-order valence-corrected chi connectivity index (χ4v) is 2.74. The minimum absolute atomic E-state index is 0.150. The van der Waals surface area contributed by atoms with Gasteiger partial charge in [-0.1, -0.05) is 17.3 Å². The molecule has 9 nitrogen and oxygen atoms in total. The lowest BCUT2D eigenvalue weighted by molar-refractivity contribution is 0.0929. The van der Waals surface area contributed by atoms with E-state index in [-0.39, 0.29) is 24.2 Å². The Morgan fingerprint density at radius 3 is 3.07 bits per heavy atom. The van der Waals surface area contributed by atoms with Gasteiger partial charge in [-0.25, -0.2) is 4.98 Å². The van der Waals surface area contributed by atoms with Gasteiger partial charge in [-0.05, 0) is 26.0 Å². The molecular weight excluding hydrogens is 360 g/mol. The van der Waals surface area contributed by atoms with E-state index in [0.29, 0.717) is 23.2 Å². The van der Waals surface area contributed by atoms with Gasteiger partial charge in [0.2, 0.25) is 0 Å². The molecule has 1 aromatic carbocycles. The third-order valence-electron chi connectivity index (χ3n) is 4.15. The zero-order valence-electron chi connectivity index (χ0n) is 15.3. The number of fused-ring (bicyclic) bond motifs is 1. The monoisotopic (exact) mass is 378 g/mol. The zero-order chi connectivity index (χ0) is 19.5. The van der Waals surface area contributed by atoms with Crippen LogP contribution in [0.4, 0.5) is 0 Å². The Kier molecular flexibility index (Phi) is 4.71. The normalized spacial score (nSPS) is 12.1. The zero-order valence-corrected chi connectivity index (χ0v) is 15.3. The summed E-state index contributed by atoms with van der Waals surface area (Å²) in [5, 5.41) is 15.3. The number of amides is 1. The molecule has 142 valence electrons. The Bertz CT molecular complexity index is 1110. The van der Waals surface area contributed by atoms with Crippen LogP contribution in [0.2, 0.25) is 0 Å². The number of H-pyrrole nitrogens is 1. The van der Waals surface area contributed by atoms with E-state index in [1.807, 2.05) is 24.3 Å². The Hall–Kier alpha value is -3.75. The highest BCUT2D eigenvalue weighted by Crippen LogP contribution is 2.25. The number of rotatable bonds is 6. The van der Waals surface area contributed by atoms with E-state index in [1.54, 1.807) is 32.3 Å². The molecule has 0 aliphatic rings. The molecule has 0 spiro atoms. The third-order valence-corrected chi connectivity index (χ3v) is 4.15. The second-order valence-electron chi connectivity index (χ2n) is 6.29. The number of hydrogen-bond donors (Lipinski definition) is 2. The van der Waals surface area contributed by atoms with Crippen LogP contribution in [0.15, 0.2) is 47.2 Å². The average Bonchev–Trinajstić information content (AvgIpc) is 3.35.